The molecule has 1 aromatic carbocycles. The first-order chi connectivity index (χ1) is 8.81. The van der Waals surface area contributed by atoms with Gasteiger partial charge in [0.2, 0.25) is 0 Å². The van der Waals surface area contributed by atoms with Crippen LogP contribution in [0.4, 0.5) is 0 Å². The zero-order valence-corrected chi connectivity index (χ0v) is 11.5. The SMILES string of the molecule is CCNC(CN1CCOCC1)c1ccccc1C. The minimum Gasteiger partial charge on any atom is -0.379 e. The van der Waals surface area contributed by atoms with Crippen LogP contribution in [0.2, 0.25) is 0 Å². The van der Waals surface area contributed by atoms with Crippen molar-refractivity contribution >= 4 is 0 Å². The Morgan fingerprint density at radius 1 is 1.28 bits per heavy atom. The fourth-order valence-corrected chi connectivity index (χ4v) is 2.54. The van der Waals surface area contributed by atoms with Crippen LogP contribution in [-0.2, 0) is 4.74 Å². The van der Waals surface area contributed by atoms with Gasteiger partial charge in [-0.25, -0.2) is 0 Å². The molecule has 1 aromatic rings. The summed E-state index contributed by atoms with van der Waals surface area (Å²) in [7, 11) is 0. The lowest BCUT2D eigenvalue weighted by atomic mass is 10.0. The zero-order valence-electron chi connectivity index (χ0n) is 11.5. The highest BCUT2D eigenvalue weighted by molar-refractivity contribution is 5.29. The van der Waals surface area contributed by atoms with Gasteiger partial charge in [0, 0.05) is 25.7 Å². The van der Waals surface area contributed by atoms with Crippen molar-refractivity contribution in [2.75, 3.05) is 39.4 Å². The van der Waals surface area contributed by atoms with E-state index in [0.717, 1.165) is 39.4 Å². The summed E-state index contributed by atoms with van der Waals surface area (Å²) in [5, 5.41) is 3.60. The molecule has 1 aliphatic heterocycles. The Bertz CT molecular complexity index is 361. The molecule has 0 spiro atoms. The molecule has 1 heterocycles. The second kappa shape index (κ2) is 6.88. The lowest BCUT2D eigenvalue weighted by molar-refractivity contribution is 0.0335. The lowest BCUT2D eigenvalue weighted by Gasteiger charge is -2.31. The number of hydrogen-bond acceptors (Lipinski definition) is 3. The van der Waals surface area contributed by atoms with Crippen LogP contribution in [0.25, 0.3) is 0 Å². The van der Waals surface area contributed by atoms with E-state index in [1.165, 1.54) is 11.1 Å². The maximum atomic E-state index is 5.41. The lowest BCUT2D eigenvalue weighted by Crippen LogP contribution is -2.42. The van der Waals surface area contributed by atoms with Gasteiger partial charge in [-0.2, -0.15) is 0 Å². The average molecular weight is 248 g/mol. The summed E-state index contributed by atoms with van der Waals surface area (Å²) < 4.78 is 5.41. The molecule has 1 atom stereocenters. The maximum Gasteiger partial charge on any atom is 0.0594 e. The fourth-order valence-electron chi connectivity index (χ4n) is 2.54. The number of nitrogens with one attached hydrogen (secondary N) is 1. The largest absolute Gasteiger partial charge is 0.379 e. The van der Waals surface area contributed by atoms with E-state index in [0.29, 0.717) is 6.04 Å². The first kappa shape index (κ1) is 13.5. The van der Waals surface area contributed by atoms with E-state index in [9.17, 15) is 0 Å². The third-order valence-corrected chi connectivity index (χ3v) is 3.56. The molecule has 0 saturated carbocycles. The summed E-state index contributed by atoms with van der Waals surface area (Å²) in [6, 6.07) is 9.10. The quantitative estimate of drug-likeness (QED) is 0.862. The molecular weight excluding hydrogens is 224 g/mol. The summed E-state index contributed by atoms with van der Waals surface area (Å²) >= 11 is 0. The van der Waals surface area contributed by atoms with Gasteiger partial charge in [-0.3, -0.25) is 4.90 Å². The molecule has 0 aliphatic carbocycles. The number of aryl methyl sites for hydroxylation is 1. The Hall–Kier alpha value is -0.900. The molecule has 0 bridgehead atoms. The Morgan fingerprint density at radius 2 is 2.00 bits per heavy atom. The van der Waals surface area contributed by atoms with Gasteiger partial charge in [-0.05, 0) is 24.6 Å². The van der Waals surface area contributed by atoms with Gasteiger partial charge in [0.1, 0.15) is 0 Å². The standard InChI is InChI=1S/C15H24N2O/c1-3-16-15(12-17-8-10-18-11-9-17)14-7-5-4-6-13(14)2/h4-7,15-16H,3,8-12H2,1-2H3. The molecule has 0 amide bonds. The van der Waals surface area contributed by atoms with Crippen LogP contribution in [0.3, 0.4) is 0 Å². The topological polar surface area (TPSA) is 24.5 Å². The maximum absolute atomic E-state index is 5.41. The van der Waals surface area contributed by atoms with Crippen molar-refractivity contribution < 1.29 is 4.74 Å². The fraction of sp³-hybridized carbons (Fsp3) is 0.600. The summed E-state index contributed by atoms with van der Waals surface area (Å²) in [5.74, 6) is 0. The highest BCUT2D eigenvalue weighted by Gasteiger charge is 2.18. The van der Waals surface area contributed by atoms with Crippen molar-refractivity contribution in [3.63, 3.8) is 0 Å². The molecule has 3 heteroatoms. The Balaban J connectivity index is 2.05. The smallest absolute Gasteiger partial charge is 0.0594 e. The van der Waals surface area contributed by atoms with Crippen LogP contribution in [0.15, 0.2) is 24.3 Å². The third kappa shape index (κ3) is 3.55. The van der Waals surface area contributed by atoms with Crippen LogP contribution in [0.1, 0.15) is 24.1 Å². The summed E-state index contributed by atoms with van der Waals surface area (Å²) in [6.45, 7) is 10.3. The van der Waals surface area contributed by atoms with Crippen molar-refractivity contribution in [3.05, 3.63) is 35.4 Å². The molecule has 1 saturated heterocycles. The van der Waals surface area contributed by atoms with Gasteiger partial charge < -0.3 is 10.1 Å². The van der Waals surface area contributed by atoms with Crippen LogP contribution < -0.4 is 5.32 Å². The van der Waals surface area contributed by atoms with Gasteiger partial charge in [0.25, 0.3) is 0 Å². The van der Waals surface area contributed by atoms with E-state index in [1.54, 1.807) is 0 Å². The molecule has 1 fully saturated rings. The monoisotopic (exact) mass is 248 g/mol. The number of benzene rings is 1. The number of hydrogen-bond donors (Lipinski definition) is 1. The van der Waals surface area contributed by atoms with Gasteiger partial charge in [0.15, 0.2) is 0 Å². The number of nitrogens with zero attached hydrogens (tertiary/aromatic N) is 1. The van der Waals surface area contributed by atoms with Crippen molar-refractivity contribution in [1.29, 1.82) is 0 Å². The molecule has 18 heavy (non-hydrogen) atoms. The van der Waals surface area contributed by atoms with E-state index < -0.39 is 0 Å². The third-order valence-electron chi connectivity index (χ3n) is 3.56. The van der Waals surface area contributed by atoms with E-state index in [1.807, 2.05) is 0 Å². The van der Waals surface area contributed by atoms with E-state index >= 15 is 0 Å². The summed E-state index contributed by atoms with van der Waals surface area (Å²) in [6.07, 6.45) is 0. The Kier molecular flexibility index (Phi) is 5.17. The van der Waals surface area contributed by atoms with Crippen molar-refractivity contribution in [3.8, 4) is 0 Å². The molecule has 1 aliphatic rings. The molecule has 100 valence electrons. The second-order valence-electron chi connectivity index (χ2n) is 4.88. The molecule has 0 aromatic heterocycles. The highest BCUT2D eigenvalue weighted by Crippen LogP contribution is 2.19. The summed E-state index contributed by atoms with van der Waals surface area (Å²) in [5.41, 5.74) is 2.79. The van der Waals surface area contributed by atoms with Gasteiger partial charge >= 0.3 is 0 Å². The van der Waals surface area contributed by atoms with Crippen LogP contribution in [0, 0.1) is 6.92 Å². The molecule has 1 N–H and O–H groups in total. The minimum absolute atomic E-state index is 0.425. The second-order valence-corrected chi connectivity index (χ2v) is 4.88. The average Bonchev–Trinajstić information content (AvgIpc) is 2.40. The van der Waals surface area contributed by atoms with E-state index in [4.69, 9.17) is 4.74 Å². The molecule has 2 rings (SSSR count). The Labute approximate surface area is 110 Å². The number of likely N-dealkylation sites (N-methyl/N-ethyl adjacent to an activating group) is 1. The number of ether oxygens (including phenoxy) is 1. The van der Waals surface area contributed by atoms with Crippen LogP contribution >= 0.6 is 0 Å². The first-order valence-electron chi connectivity index (χ1n) is 6.90. The zero-order chi connectivity index (χ0) is 12.8. The molecule has 0 radical (unpaired) electrons. The van der Waals surface area contributed by atoms with Crippen molar-refractivity contribution in [1.82, 2.24) is 10.2 Å². The molecule has 3 nitrogen and oxygen atoms in total. The molecular formula is C15H24N2O. The van der Waals surface area contributed by atoms with Crippen LogP contribution in [-0.4, -0.2) is 44.3 Å². The van der Waals surface area contributed by atoms with Gasteiger partial charge in [-0.15, -0.1) is 0 Å². The predicted octanol–water partition coefficient (Wildman–Crippen LogP) is 1.98. The number of rotatable bonds is 5. The van der Waals surface area contributed by atoms with Crippen molar-refractivity contribution in [2.24, 2.45) is 0 Å². The van der Waals surface area contributed by atoms with Crippen LogP contribution in [0.5, 0.6) is 0 Å². The minimum atomic E-state index is 0.425. The van der Waals surface area contributed by atoms with E-state index in [2.05, 4.69) is 48.3 Å². The van der Waals surface area contributed by atoms with Gasteiger partial charge in [-0.1, -0.05) is 31.2 Å². The number of morpholine rings is 1. The van der Waals surface area contributed by atoms with E-state index in [-0.39, 0.29) is 0 Å². The summed E-state index contributed by atoms with van der Waals surface area (Å²) in [4.78, 5) is 2.49. The van der Waals surface area contributed by atoms with Crippen molar-refractivity contribution in [2.45, 2.75) is 19.9 Å². The first-order valence-corrected chi connectivity index (χ1v) is 6.90. The Morgan fingerprint density at radius 3 is 2.67 bits per heavy atom. The predicted molar refractivity (Wildman–Crippen MR) is 74.9 cm³/mol. The normalized spacial score (nSPS) is 18.8. The van der Waals surface area contributed by atoms with Gasteiger partial charge in [0.05, 0.1) is 13.2 Å². The molecule has 1 unspecified atom stereocenters. The highest BCUT2D eigenvalue weighted by atomic mass is 16.5.